The number of aromatic nitrogens is 1. The van der Waals surface area contributed by atoms with Gasteiger partial charge in [0.25, 0.3) is 5.91 Å². The van der Waals surface area contributed by atoms with E-state index in [9.17, 15) is 14.4 Å². The molecule has 7 heteroatoms. The molecule has 34 heavy (non-hydrogen) atoms. The molecule has 1 aromatic heterocycles. The van der Waals surface area contributed by atoms with Gasteiger partial charge in [0.2, 0.25) is 5.91 Å². The maximum absolute atomic E-state index is 13.3. The van der Waals surface area contributed by atoms with Gasteiger partial charge >= 0.3 is 0 Å². The fourth-order valence-corrected chi connectivity index (χ4v) is 4.71. The van der Waals surface area contributed by atoms with Gasteiger partial charge in [0.15, 0.2) is 5.78 Å². The predicted octanol–water partition coefficient (Wildman–Crippen LogP) is 4.47. The van der Waals surface area contributed by atoms with E-state index in [2.05, 4.69) is 36.4 Å². The van der Waals surface area contributed by atoms with Crippen LogP contribution in [-0.4, -0.2) is 47.6 Å². The Kier molecular flexibility index (Phi) is 7.97. The summed E-state index contributed by atoms with van der Waals surface area (Å²) in [6, 6.07) is 7.03. The number of fused-ring (bicyclic) bond motifs is 1. The molecule has 0 spiro atoms. The third-order valence-electron chi connectivity index (χ3n) is 6.36. The standard InChI is InChI=1S/C27H38N4O3/c1-7-8-12-20(25(33)29-19-13-10-9-11-18(19)16-31(5)6)30-26(34)24-17(2)23-21(28-24)14-27(3,4)15-22(23)32/h9-11,13,20,28H,7-8,12,14-16H2,1-6H3,(H,29,33)(H,30,34). The van der Waals surface area contributed by atoms with E-state index < -0.39 is 6.04 Å². The molecule has 0 fully saturated rings. The second-order valence-electron chi connectivity index (χ2n) is 10.5. The maximum atomic E-state index is 13.3. The van der Waals surface area contributed by atoms with Gasteiger partial charge in [0.1, 0.15) is 11.7 Å². The van der Waals surface area contributed by atoms with Crippen LogP contribution in [0.1, 0.15) is 84.1 Å². The van der Waals surface area contributed by atoms with Gasteiger partial charge in [-0.25, -0.2) is 0 Å². The zero-order valence-electron chi connectivity index (χ0n) is 21.3. The van der Waals surface area contributed by atoms with Crippen LogP contribution in [0.25, 0.3) is 0 Å². The largest absolute Gasteiger partial charge is 0.354 e. The van der Waals surface area contributed by atoms with Gasteiger partial charge in [-0.15, -0.1) is 0 Å². The topological polar surface area (TPSA) is 94.3 Å². The maximum Gasteiger partial charge on any atom is 0.268 e. The Morgan fingerprint density at radius 2 is 1.88 bits per heavy atom. The fraction of sp³-hybridized carbons (Fsp3) is 0.519. The molecule has 0 aliphatic heterocycles. The Bertz CT molecular complexity index is 1070. The van der Waals surface area contributed by atoms with E-state index in [0.717, 1.165) is 29.8 Å². The molecule has 7 nitrogen and oxygen atoms in total. The number of hydrogen-bond donors (Lipinski definition) is 3. The van der Waals surface area contributed by atoms with Crippen LogP contribution in [0, 0.1) is 12.3 Å². The summed E-state index contributed by atoms with van der Waals surface area (Å²) in [5.74, 6) is -0.522. The molecule has 1 aliphatic rings. The van der Waals surface area contributed by atoms with Crippen molar-refractivity contribution in [3.63, 3.8) is 0 Å². The number of Topliss-reactive ketones (excluding diaryl/α,β-unsaturated/α-hetero) is 1. The average Bonchev–Trinajstić information content (AvgIpc) is 3.07. The molecule has 184 valence electrons. The Balaban J connectivity index is 1.80. The first-order valence-corrected chi connectivity index (χ1v) is 12.1. The van der Waals surface area contributed by atoms with E-state index in [4.69, 9.17) is 0 Å². The molecular weight excluding hydrogens is 428 g/mol. The van der Waals surface area contributed by atoms with Crippen LogP contribution in [0.3, 0.4) is 0 Å². The summed E-state index contributed by atoms with van der Waals surface area (Å²) >= 11 is 0. The van der Waals surface area contributed by atoms with E-state index >= 15 is 0 Å². The Morgan fingerprint density at radius 3 is 2.56 bits per heavy atom. The van der Waals surface area contributed by atoms with Gasteiger partial charge in [-0.2, -0.15) is 0 Å². The number of anilines is 1. The monoisotopic (exact) mass is 466 g/mol. The number of amides is 2. The Morgan fingerprint density at radius 1 is 1.18 bits per heavy atom. The van der Waals surface area contributed by atoms with Crippen LogP contribution in [0.5, 0.6) is 0 Å². The lowest BCUT2D eigenvalue weighted by Gasteiger charge is -2.28. The molecule has 1 atom stereocenters. The van der Waals surface area contributed by atoms with Gasteiger partial charge in [-0.3, -0.25) is 14.4 Å². The first kappa shape index (κ1) is 25.7. The summed E-state index contributed by atoms with van der Waals surface area (Å²) in [4.78, 5) is 44.5. The number of carbonyl (C=O) groups is 3. The molecule has 0 saturated heterocycles. The SMILES string of the molecule is CCCCC(NC(=O)c1[nH]c2c(c1C)C(=O)CC(C)(C)C2)C(=O)Nc1ccccc1CN(C)C. The molecule has 0 radical (unpaired) electrons. The number of para-hydroxylation sites is 1. The number of nitrogens with zero attached hydrogens (tertiary/aromatic N) is 1. The van der Waals surface area contributed by atoms with Crippen molar-refractivity contribution in [2.45, 2.75) is 72.4 Å². The molecule has 3 N–H and O–H groups in total. The van der Waals surface area contributed by atoms with Gasteiger partial charge in [0, 0.05) is 29.9 Å². The second kappa shape index (κ2) is 10.6. The Labute approximate surface area is 202 Å². The predicted molar refractivity (Wildman–Crippen MR) is 135 cm³/mol. The lowest BCUT2D eigenvalue weighted by Crippen LogP contribution is -2.44. The highest BCUT2D eigenvalue weighted by molar-refractivity contribution is 6.06. The third-order valence-corrected chi connectivity index (χ3v) is 6.36. The van der Waals surface area contributed by atoms with Crippen molar-refractivity contribution in [1.29, 1.82) is 0 Å². The quantitative estimate of drug-likeness (QED) is 0.508. The van der Waals surface area contributed by atoms with Crippen LogP contribution < -0.4 is 10.6 Å². The van der Waals surface area contributed by atoms with Gasteiger partial charge in [-0.1, -0.05) is 51.8 Å². The van der Waals surface area contributed by atoms with Gasteiger partial charge in [0.05, 0.1) is 0 Å². The summed E-state index contributed by atoms with van der Waals surface area (Å²) in [7, 11) is 3.96. The smallest absolute Gasteiger partial charge is 0.268 e. The number of ketones is 1. The molecule has 1 heterocycles. The second-order valence-corrected chi connectivity index (χ2v) is 10.5. The minimum atomic E-state index is -0.674. The summed E-state index contributed by atoms with van der Waals surface area (Å²) in [6.45, 7) is 8.67. The molecular formula is C27H38N4O3. The number of carbonyl (C=O) groups excluding carboxylic acids is 3. The van der Waals surface area contributed by atoms with Crippen LogP contribution in [-0.2, 0) is 17.8 Å². The van der Waals surface area contributed by atoms with Crippen molar-refractivity contribution in [2.75, 3.05) is 19.4 Å². The van der Waals surface area contributed by atoms with E-state index in [1.54, 1.807) is 6.92 Å². The zero-order valence-corrected chi connectivity index (χ0v) is 21.3. The summed E-state index contributed by atoms with van der Waals surface area (Å²) in [5.41, 5.74) is 4.11. The average molecular weight is 467 g/mol. The molecule has 1 unspecified atom stereocenters. The number of benzene rings is 1. The summed E-state index contributed by atoms with van der Waals surface area (Å²) < 4.78 is 0. The summed E-state index contributed by atoms with van der Waals surface area (Å²) in [6.07, 6.45) is 3.44. The molecule has 0 saturated carbocycles. The van der Waals surface area contributed by atoms with Crippen molar-refractivity contribution < 1.29 is 14.4 Å². The van der Waals surface area contributed by atoms with Gasteiger partial charge < -0.3 is 20.5 Å². The summed E-state index contributed by atoms with van der Waals surface area (Å²) in [5, 5.41) is 5.95. The lowest BCUT2D eigenvalue weighted by molar-refractivity contribution is -0.118. The van der Waals surface area contributed by atoms with Gasteiger partial charge in [-0.05, 0) is 56.5 Å². The normalized spacial score (nSPS) is 15.7. The molecule has 3 rings (SSSR count). The van der Waals surface area contributed by atoms with Crippen LogP contribution >= 0.6 is 0 Å². The number of aromatic amines is 1. The van der Waals surface area contributed by atoms with Crippen molar-refractivity contribution in [1.82, 2.24) is 15.2 Å². The van der Waals surface area contributed by atoms with Crippen LogP contribution in [0.4, 0.5) is 5.69 Å². The number of nitrogens with one attached hydrogen (secondary N) is 3. The van der Waals surface area contributed by atoms with Crippen molar-refractivity contribution >= 4 is 23.3 Å². The molecule has 2 aromatic rings. The zero-order chi connectivity index (χ0) is 25.0. The first-order chi connectivity index (χ1) is 16.0. The highest BCUT2D eigenvalue weighted by atomic mass is 16.2. The van der Waals surface area contributed by atoms with Crippen molar-refractivity contribution in [2.24, 2.45) is 5.41 Å². The molecule has 2 amide bonds. The third kappa shape index (κ3) is 5.95. The number of hydrogen-bond acceptors (Lipinski definition) is 4. The van der Waals surface area contributed by atoms with Crippen LogP contribution in [0.2, 0.25) is 0 Å². The van der Waals surface area contributed by atoms with Crippen molar-refractivity contribution in [3.05, 3.63) is 52.3 Å². The van der Waals surface area contributed by atoms with E-state index in [1.165, 1.54) is 0 Å². The lowest BCUT2D eigenvalue weighted by atomic mass is 9.75. The number of unbranched alkanes of at least 4 members (excludes halogenated alkanes) is 1. The molecule has 0 bridgehead atoms. The Hall–Kier alpha value is -2.93. The molecule has 1 aliphatic carbocycles. The molecule has 1 aromatic carbocycles. The minimum absolute atomic E-state index is 0.0665. The fourth-order valence-electron chi connectivity index (χ4n) is 4.71. The van der Waals surface area contributed by atoms with E-state index in [-0.39, 0.29) is 23.0 Å². The minimum Gasteiger partial charge on any atom is -0.354 e. The highest BCUT2D eigenvalue weighted by Gasteiger charge is 2.35. The first-order valence-electron chi connectivity index (χ1n) is 12.1. The van der Waals surface area contributed by atoms with Crippen LogP contribution in [0.15, 0.2) is 24.3 Å². The number of rotatable bonds is 9. The van der Waals surface area contributed by atoms with Crippen molar-refractivity contribution in [3.8, 4) is 0 Å². The van der Waals surface area contributed by atoms with E-state index in [0.29, 0.717) is 42.6 Å². The highest BCUT2D eigenvalue weighted by Crippen LogP contribution is 2.36. The van der Waals surface area contributed by atoms with E-state index in [1.807, 2.05) is 43.3 Å². The number of H-pyrrole nitrogens is 1.